The lowest BCUT2D eigenvalue weighted by Crippen LogP contribution is -2.51. The molecule has 0 radical (unpaired) electrons. The van der Waals surface area contributed by atoms with E-state index in [-0.39, 0.29) is 11.9 Å². The number of urea groups is 1. The van der Waals surface area contributed by atoms with Crippen molar-refractivity contribution in [1.82, 2.24) is 4.90 Å². The Kier molecular flexibility index (Phi) is 6.10. The first-order valence-electron chi connectivity index (χ1n) is 11.7. The lowest BCUT2D eigenvalue weighted by molar-refractivity contribution is -0.123. The molecule has 1 atom stereocenters. The summed E-state index contributed by atoms with van der Waals surface area (Å²) in [6.45, 7) is 4.75. The summed E-state index contributed by atoms with van der Waals surface area (Å²) in [5, 5.41) is 12.3. The van der Waals surface area contributed by atoms with E-state index >= 15 is 0 Å². The van der Waals surface area contributed by atoms with Gasteiger partial charge in [0.05, 0.1) is 31.0 Å². The molecule has 0 bridgehead atoms. The van der Waals surface area contributed by atoms with Crippen LogP contribution in [-0.2, 0) is 16.2 Å². The van der Waals surface area contributed by atoms with Crippen LogP contribution in [0, 0.1) is 25.2 Å². The Morgan fingerprint density at radius 2 is 1.97 bits per heavy atom. The number of methoxy groups -OCH3 is 1. The van der Waals surface area contributed by atoms with E-state index < -0.39 is 4.87 Å². The first-order chi connectivity index (χ1) is 17.4. The van der Waals surface area contributed by atoms with Gasteiger partial charge in [0, 0.05) is 23.5 Å². The Hall–Kier alpha value is -3.96. The van der Waals surface area contributed by atoms with Gasteiger partial charge in [0.1, 0.15) is 5.75 Å². The average molecular weight is 499 g/mol. The molecule has 1 fully saturated rings. The van der Waals surface area contributed by atoms with Crippen molar-refractivity contribution < 1.29 is 14.3 Å². The Labute approximate surface area is 214 Å². The first-order valence-corrected chi connectivity index (χ1v) is 12.7. The molecule has 1 saturated heterocycles. The molecule has 0 unspecified atom stereocenters. The molecule has 182 valence electrons. The standard InChI is InChI=1S/C28H26N4O3S/c1-18-7-8-22(13-19(18)2)30-27(34)32-11-12-36-28(32)24-15-23(35-3)9-10-25(24)31(26(28)33)17-21-6-4-5-20(14-21)16-29/h4-10,13-15H,11-12,17H2,1-3H3,(H,30,34)/t28-/m0/s1. The Morgan fingerprint density at radius 1 is 1.14 bits per heavy atom. The highest BCUT2D eigenvalue weighted by Crippen LogP contribution is 2.55. The van der Waals surface area contributed by atoms with Gasteiger partial charge in [-0.3, -0.25) is 9.69 Å². The Morgan fingerprint density at radius 3 is 2.72 bits per heavy atom. The Bertz CT molecular complexity index is 1420. The molecular weight excluding hydrogens is 472 g/mol. The van der Waals surface area contributed by atoms with Crippen LogP contribution < -0.4 is 15.0 Å². The van der Waals surface area contributed by atoms with Gasteiger partial charge in [0.15, 0.2) is 4.87 Å². The lowest BCUT2D eigenvalue weighted by Gasteiger charge is -2.33. The highest BCUT2D eigenvalue weighted by Gasteiger charge is 2.59. The molecule has 2 heterocycles. The van der Waals surface area contributed by atoms with Gasteiger partial charge in [-0.05, 0) is 73.0 Å². The third-order valence-corrected chi connectivity index (χ3v) is 8.22. The smallest absolute Gasteiger partial charge is 0.323 e. The van der Waals surface area contributed by atoms with E-state index in [1.807, 2.05) is 62.4 Å². The van der Waals surface area contributed by atoms with Gasteiger partial charge in [0.2, 0.25) is 0 Å². The minimum Gasteiger partial charge on any atom is -0.497 e. The maximum atomic E-state index is 14.2. The maximum Gasteiger partial charge on any atom is 0.323 e. The predicted octanol–water partition coefficient (Wildman–Crippen LogP) is 5.16. The van der Waals surface area contributed by atoms with Gasteiger partial charge in [-0.2, -0.15) is 5.26 Å². The number of ether oxygens (including phenoxy) is 1. The molecule has 3 aromatic carbocycles. The fourth-order valence-electron chi connectivity index (χ4n) is 4.81. The van der Waals surface area contributed by atoms with Crippen LogP contribution in [0.15, 0.2) is 60.7 Å². The number of carbonyl (C=O) groups excluding carboxylic acids is 2. The summed E-state index contributed by atoms with van der Waals surface area (Å²) in [4.78, 5) is 29.9. The zero-order valence-electron chi connectivity index (χ0n) is 20.4. The number of aryl methyl sites for hydroxylation is 2. The minimum atomic E-state index is -1.19. The van der Waals surface area contributed by atoms with Crippen LogP contribution >= 0.6 is 11.8 Å². The van der Waals surface area contributed by atoms with Crippen molar-refractivity contribution in [3.63, 3.8) is 0 Å². The molecule has 3 amide bonds. The molecule has 2 aliphatic heterocycles. The second kappa shape index (κ2) is 9.25. The average Bonchev–Trinajstić information content (AvgIpc) is 3.43. The van der Waals surface area contributed by atoms with E-state index in [0.717, 1.165) is 27.9 Å². The van der Waals surface area contributed by atoms with Crippen molar-refractivity contribution in [2.24, 2.45) is 0 Å². The summed E-state index contributed by atoms with van der Waals surface area (Å²) in [6, 6.07) is 20.4. The summed E-state index contributed by atoms with van der Waals surface area (Å²) in [5.41, 5.74) is 5.77. The van der Waals surface area contributed by atoms with Crippen LogP contribution in [0.25, 0.3) is 0 Å². The fourth-order valence-corrected chi connectivity index (χ4v) is 6.26. The van der Waals surface area contributed by atoms with Crippen molar-refractivity contribution >= 4 is 35.1 Å². The minimum absolute atomic E-state index is 0.175. The van der Waals surface area contributed by atoms with Crippen LogP contribution in [0.5, 0.6) is 5.75 Å². The second-order valence-electron chi connectivity index (χ2n) is 8.96. The second-order valence-corrected chi connectivity index (χ2v) is 10.2. The lowest BCUT2D eigenvalue weighted by atomic mass is 10.1. The number of rotatable bonds is 4. The number of thioether (sulfide) groups is 1. The number of anilines is 2. The molecule has 36 heavy (non-hydrogen) atoms. The molecule has 0 aliphatic carbocycles. The first kappa shape index (κ1) is 23.8. The van der Waals surface area contributed by atoms with Gasteiger partial charge < -0.3 is 15.0 Å². The van der Waals surface area contributed by atoms with E-state index in [1.165, 1.54) is 11.8 Å². The van der Waals surface area contributed by atoms with Crippen LogP contribution in [0.4, 0.5) is 16.2 Å². The molecule has 3 aromatic rings. The number of hydrogen-bond donors (Lipinski definition) is 1. The van der Waals surface area contributed by atoms with Crippen molar-refractivity contribution in [2.45, 2.75) is 25.3 Å². The number of nitrogens with zero attached hydrogens (tertiary/aromatic N) is 3. The summed E-state index contributed by atoms with van der Waals surface area (Å²) in [6.07, 6.45) is 0. The van der Waals surface area contributed by atoms with Crippen molar-refractivity contribution in [3.05, 3.63) is 88.5 Å². The van der Waals surface area contributed by atoms with Crippen molar-refractivity contribution in [2.75, 3.05) is 29.6 Å². The zero-order valence-corrected chi connectivity index (χ0v) is 21.2. The van der Waals surface area contributed by atoms with E-state index in [0.29, 0.717) is 35.8 Å². The number of nitrogens with one attached hydrogen (secondary N) is 1. The van der Waals surface area contributed by atoms with Gasteiger partial charge in [-0.25, -0.2) is 4.79 Å². The third-order valence-electron chi connectivity index (χ3n) is 6.80. The molecule has 7 nitrogen and oxygen atoms in total. The largest absolute Gasteiger partial charge is 0.497 e. The van der Waals surface area contributed by atoms with Gasteiger partial charge >= 0.3 is 6.03 Å². The third kappa shape index (κ3) is 3.86. The monoisotopic (exact) mass is 498 g/mol. The molecule has 1 N–H and O–H groups in total. The van der Waals surface area contributed by atoms with Gasteiger partial charge in [0.25, 0.3) is 5.91 Å². The molecule has 0 saturated carbocycles. The molecule has 0 aromatic heterocycles. The molecule has 2 aliphatic rings. The number of amides is 3. The molecule has 1 spiro atoms. The van der Waals surface area contributed by atoms with Crippen LogP contribution in [0.2, 0.25) is 0 Å². The van der Waals surface area contributed by atoms with E-state index in [2.05, 4.69) is 11.4 Å². The molecule has 8 heteroatoms. The Balaban J connectivity index is 1.54. The van der Waals surface area contributed by atoms with Gasteiger partial charge in [-0.15, -0.1) is 11.8 Å². The van der Waals surface area contributed by atoms with E-state index in [9.17, 15) is 14.9 Å². The SMILES string of the molecule is COc1ccc2c(c1)[C@]1(SCCN1C(=O)Nc1ccc(C)c(C)c1)C(=O)N2Cc1cccc(C#N)c1. The van der Waals surface area contributed by atoms with E-state index in [4.69, 9.17) is 4.74 Å². The highest BCUT2D eigenvalue weighted by molar-refractivity contribution is 8.01. The predicted molar refractivity (Wildman–Crippen MR) is 141 cm³/mol. The summed E-state index contributed by atoms with van der Waals surface area (Å²) >= 11 is 1.46. The summed E-state index contributed by atoms with van der Waals surface area (Å²) in [5.74, 6) is 1.07. The van der Waals surface area contributed by atoms with Crippen LogP contribution in [0.3, 0.4) is 0 Å². The normalized spacial score (nSPS) is 18.3. The van der Waals surface area contributed by atoms with Crippen LogP contribution in [0.1, 0.15) is 27.8 Å². The van der Waals surface area contributed by atoms with Crippen LogP contribution in [-0.4, -0.2) is 36.2 Å². The summed E-state index contributed by atoms with van der Waals surface area (Å²) in [7, 11) is 1.59. The van der Waals surface area contributed by atoms with Crippen molar-refractivity contribution in [3.8, 4) is 11.8 Å². The number of nitriles is 1. The number of carbonyl (C=O) groups is 2. The number of fused-ring (bicyclic) bond motifs is 2. The summed E-state index contributed by atoms with van der Waals surface area (Å²) < 4.78 is 5.48. The fraction of sp³-hybridized carbons (Fsp3) is 0.250. The molecular formula is C28H26N4O3S. The maximum absolute atomic E-state index is 14.2. The van der Waals surface area contributed by atoms with E-state index in [1.54, 1.807) is 29.0 Å². The molecule has 5 rings (SSSR count). The number of benzene rings is 3. The van der Waals surface area contributed by atoms with Crippen molar-refractivity contribution in [1.29, 1.82) is 5.26 Å². The van der Waals surface area contributed by atoms with Gasteiger partial charge in [-0.1, -0.05) is 18.2 Å². The topological polar surface area (TPSA) is 85.7 Å². The zero-order chi connectivity index (χ0) is 25.4. The quantitative estimate of drug-likeness (QED) is 0.537. The number of hydrogen-bond acceptors (Lipinski definition) is 5. The highest BCUT2D eigenvalue weighted by atomic mass is 32.2.